The third-order valence-corrected chi connectivity index (χ3v) is 5.23. The second-order valence-corrected chi connectivity index (χ2v) is 7.00. The molecule has 1 atom stereocenters. The van der Waals surface area contributed by atoms with E-state index >= 15 is 0 Å². The number of halogens is 4. The number of H-pyrrole nitrogens is 1. The molecule has 3 rings (SSSR count). The number of hydrogen-bond donors (Lipinski definition) is 3. The van der Waals surface area contributed by atoms with Crippen molar-refractivity contribution >= 4 is 28.5 Å². The number of urea groups is 1. The molecule has 1 aromatic heterocycles. The molecule has 0 aliphatic carbocycles. The lowest BCUT2D eigenvalue weighted by Crippen LogP contribution is -2.48. The van der Waals surface area contributed by atoms with E-state index in [9.17, 15) is 23.1 Å². The first kappa shape index (κ1) is 19.8. The number of carbonyl (C=O) groups is 1. The summed E-state index contributed by atoms with van der Waals surface area (Å²) in [4.78, 5) is 13.3. The lowest BCUT2D eigenvalue weighted by molar-refractivity contribution is -0.160. The Morgan fingerprint density at radius 3 is 2.81 bits per heavy atom. The number of nitrogens with zero attached hydrogens (tertiary/aromatic N) is 2. The van der Waals surface area contributed by atoms with E-state index in [1.807, 2.05) is 0 Å². The number of carbonyl (C=O) groups excluding carboxylic acids is 1. The second kappa shape index (κ2) is 7.55. The second-order valence-electron chi connectivity index (χ2n) is 6.59. The van der Waals surface area contributed by atoms with Gasteiger partial charge in [-0.15, -0.1) is 0 Å². The molecule has 0 spiro atoms. The van der Waals surface area contributed by atoms with Gasteiger partial charge in [-0.1, -0.05) is 11.6 Å². The van der Waals surface area contributed by atoms with Crippen LogP contribution in [0.4, 0.5) is 18.0 Å². The SMILES string of the molecule is CCNC(=O)N1CCC(C(F)(F)C(O)c2c(F)c(Cl)cc3cn[nH]c23)CC1. The Labute approximate surface area is 158 Å². The number of benzene rings is 1. The Balaban J connectivity index is 1.83. The Morgan fingerprint density at radius 2 is 2.19 bits per heavy atom. The van der Waals surface area contributed by atoms with Crippen molar-refractivity contribution in [3.63, 3.8) is 0 Å². The molecular formula is C17H20ClF3N4O2. The fourth-order valence-corrected chi connectivity index (χ4v) is 3.68. The third kappa shape index (κ3) is 3.58. The molecule has 148 valence electrons. The normalized spacial score (nSPS) is 17.3. The van der Waals surface area contributed by atoms with E-state index in [0.717, 1.165) is 0 Å². The lowest BCUT2D eigenvalue weighted by atomic mass is 9.84. The van der Waals surface area contributed by atoms with Crippen LogP contribution in [0.1, 0.15) is 31.4 Å². The van der Waals surface area contributed by atoms with Crippen LogP contribution in [0.25, 0.3) is 10.9 Å². The van der Waals surface area contributed by atoms with E-state index in [4.69, 9.17) is 11.6 Å². The number of rotatable bonds is 4. The quantitative estimate of drug-likeness (QED) is 0.730. The monoisotopic (exact) mass is 404 g/mol. The average molecular weight is 405 g/mol. The Kier molecular flexibility index (Phi) is 5.53. The molecule has 0 bridgehead atoms. The molecule has 0 radical (unpaired) electrons. The van der Waals surface area contributed by atoms with Gasteiger partial charge in [-0.05, 0) is 25.8 Å². The van der Waals surface area contributed by atoms with Gasteiger partial charge in [0.2, 0.25) is 0 Å². The molecule has 2 aromatic rings. The number of hydrogen-bond acceptors (Lipinski definition) is 3. The van der Waals surface area contributed by atoms with Gasteiger partial charge in [-0.2, -0.15) is 5.10 Å². The molecule has 3 N–H and O–H groups in total. The van der Waals surface area contributed by atoms with Crippen LogP contribution >= 0.6 is 11.6 Å². The summed E-state index contributed by atoms with van der Waals surface area (Å²) in [5.74, 6) is -5.90. The number of aliphatic hydroxyl groups is 1. The highest BCUT2D eigenvalue weighted by Gasteiger charge is 2.49. The minimum Gasteiger partial charge on any atom is -0.382 e. The van der Waals surface area contributed by atoms with E-state index in [1.165, 1.54) is 17.2 Å². The van der Waals surface area contributed by atoms with Gasteiger partial charge in [0.15, 0.2) is 0 Å². The van der Waals surface area contributed by atoms with E-state index in [2.05, 4.69) is 15.5 Å². The fraction of sp³-hybridized carbons (Fsp3) is 0.529. The molecule has 27 heavy (non-hydrogen) atoms. The molecule has 1 aliphatic heterocycles. The molecule has 0 saturated carbocycles. The van der Waals surface area contributed by atoms with Gasteiger partial charge in [0.1, 0.15) is 11.9 Å². The summed E-state index contributed by atoms with van der Waals surface area (Å²) in [6.07, 6.45) is -1.08. The predicted molar refractivity (Wildman–Crippen MR) is 94.3 cm³/mol. The van der Waals surface area contributed by atoms with Gasteiger partial charge >= 0.3 is 6.03 Å². The van der Waals surface area contributed by atoms with Crippen molar-refractivity contribution in [3.8, 4) is 0 Å². The summed E-state index contributed by atoms with van der Waals surface area (Å²) < 4.78 is 44.5. The Hall–Kier alpha value is -2.00. The highest BCUT2D eigenvalue weighted by Crippen LogP contribution is 2.45. The van der Waals surface area contributed by atoms with E-state index in [1.54, 1.807) is 6.92 Å². The largest absolute Gasteiger partial charge is 0.382 e. The molecule has 2 heterocycles. The van der Waals surface area contributed by atoms with Crippen LogP contribution in [0.15, 0.2) is 12.3 Å². The van der Waals surface area contributed by atoms with Crippen LogP contribution in [0.5, 0.6) is 0 Å². The van der Waals surface area contributed by atoms with E-state index in [0.29, 0.717) is 11.9 Å². The summed E-state index contributed by atoms with van der Waals surface area (Å²) in [5, 5.41) is 19.1. The molecule has 1 fully saturated rings. The first-order valence-electron chi connectivity index (χ1n) is 8.67. The highest BCUT2D eigenvalue weighted by molar-refractivity contribution is 6.31. The molecular weight excluding hydrogens is 385 g/mol. The van der Waals surface area contributed by atoms with Crippen molar-refractivity contribution < 1.29 is 23.1 Å². The van der Waals surface area contributed by atoms with Crippen molar-refractivity contribution in [1.29, 1.82) is 0 Å². The van der Waals surface area contributed by atoms with Gasteiger partial charge in [-0.25, -0.2) is 18.0 Å². The first-order chi connectivity index (χ1) is 12.8. The highest BCUT2D eigenvalue weighted by atomic mass is 35.5. The van der Waals surface area contributed by atoms with Crippen molar-refractivity contribution in [2.45, 2.75) is 31.8 Å². The minimum absolute atomic E-state index is 0.00447. The topological polar surface area (TPSA) is 81.2 Å². The van der Waals surface area contributed by atoms with E-state index in [-0.39, 0.29) is 42.5 Å². The number of aromatic amines is 1. The van der Waals surface area contributed by atoms with Gasteiger partial charge < -0.3 is 15.3 Å². The van der Waals surface area contributed by atoms with Crippen molar-refractivity contribution in [2.24, 2.45) is 5.92 Å². The van der Waals surface area contributed by atoms with Gasteiger partial charge in [0.05, 0.1) is 16.7 Å². The van der Waals surface area contributed by atoms with Crippen LogP contribution in [0.2, 0.25) is 5.02 Å². The number of amides is 2. The van der Waals surface area contributed by atoms with Crippen molar-refractivity contribution in [1.82, 2.24) is 20.4 Å². The zero-order valence-corrected chi connectivity index (χ0v) is 15.4. The maximum atomic E-state index is 15.0. The Bertz CT molecular complexity index is 837. The summed E-state index contributed by atoms with van der Waals surface area (Å²) in [7, 11) is 0. The maximum Gasteiger partial charge on any atom is 0.317 e. The first-order valence-corrected chi connectivity index (χ1v) is 9.04. The number of alkyl halides is 2. The maximum absolute atomic E-state index is 15.0. The summed E-state index contributed by atoms with van der Waals surface area (Å²) >= 11 is 5.79. The third-order valence-electron chi connectivity index (χ3n) is 4.96. The standard InChI is InChI=1S/C17H20ClF3N4O2/c1-2-22-16(27)25-5-3-10(4-6-25)17(20,21)15(26)12-13(19)11(18)7-9-8-23-24-14(9)12/h7-8,10,15,26H,2-6H2,1H3,(H,22,27)(H,23,24). The van der Waals surface area contributed by atoms with Gasteiger partial charge in [-0.3, -0.25) is 5.10 Å². The number of likely N-dealkylation sites (tertiary alicyclic amines) is 1. The molecule has 6 nitrogen and oxygen atoms in total. The van der Waals surface area contributed by atoms with Crippen LogP contribution in [-0.4, -0.2) is 51.8 Å². The van der Waals surface area contributed by atoms with Crippen LogP contribution in [-0.2, 0) is 0 Å². The van der Waals surface area contributed by atoms with Crippen LogP contribution in [0.3, 0.4) is 0 Å². The predicted octanol–water partition coefficient (Wildman–Crippen LogP) is 3.47. The smallest absolute Gasteiger partial charge is 0.317 e. The molecule has 10 heteroatoms. The molecule has 1 unspecified atom stereocenters. The zero-order chi connectivity index (χ0) is 19.8. The van der Waals surface area contributed by atoms with Crippen molar-refractivity contribution in [2.75, 3.05) is 19.6 Å². The Morgan fingerprint density at radius 1 is 1.52 bits per heavy atom. The average Bonchev–Trinajstić information content (AvgIpc) is 3.10. The fourth-order valence-electron chi connectivity index (χ4n) is 3.46. The minimum atomic E-state index is -3.60. The summed E-state index contributed by atoms with van der Waals surface area (Å²) in [5.41, 5.74) is -0.602. The van der Waals surface area contributed by atoms with Gasteiger partial charge in [0, 0.05) is 36.5 Å². The van der Waals surface area contributed by atoms with Crippen molar-refractivity contribution in [3.05, 3.63) is 28.7 Å². The number of aliphatic hydroxyl groups excluding tert-OH is 1. The number of piperidine rings is 1. The number of aromatic nitrogens is 2. The number of fused-ring (bicyclic) bond motifs is 1. The summed E-state index contributed by atoms with van der Waals surface area (Å²) in [6, 6.07) is 0.953. The molecule has 1 aromatic carbocycles. The van der Waals surface area contributed by atoms with Crippen LogP contribution < -0.4 is 5.32 Å². The van der Waals surface area contributed by atoms with Crippen LogP contribution in [0, 0.1) is 11.7 Å². The molecule has 2 amide bonds. The number of nitrogens with one attached hydrogen (secondary N) is 2. The van der Waals surface area contributed by atoms with Gasteiger partial charge in [0.25, 0.3) is 5.92 Å². The molecule has 1 saturated heterocycles. The lowest BCUT2D eigenvalue weighted by Gasteiger charge is -2.37. The zero-order valence-electron chi connectivity index (χ0n) is 14.6. The van der Waals surface area contributed by atoms with E-state index < -0.39 is 29.3 Å². The molecule has 1 aliphatic rings. The summed E-state index contributed by atoms with van der Waals surface area (Å²) in [6.45, 7) is 2.49.